The first-order valence-electron chi connectivity index (χ1n) is 6.94. The number of carbonyl (C=O) groups is 2. The van der Waals surface area contributed by atoms with Gasteiger partial charge in [0, 0.05) is 12.4 Å². The fraction of sp³-hybridized carbons (Fsp3) is 0.333. The Morgan fingerprint density at radius 3 is 2.77 bits per heavy atom. The van der Waals surface area contributed by atoms with E-state index < -0.39 is 12.0 Å². The number of carboxylic acid groups (broad SMARTS) is 1. The van der Waals surface area contributed by atoms with Crippen LogP contribution in [0.2, 0.25) is 0 Å². The summed E-state index contributed by atoms with van der Waals surface area (Å²) in [5.74, 6) is -1.36. The topological polar surface area (TPSA) is 70.5 Å². The summed E-state index contributed by atoms with van der Waals surface area (Å²) in [6.07, 6.45) is 6.98. The van der Waals surface area contributed by atoms with Crippen LogP contribution < -0.4 is 0 Å². The van der Waals surface area contributed by atoms with Crippen LogP contribution in [0.15, 0.2) is 29.4 Å². The molecule has 2 heterocycles. The van der Waals surface area contributed by atoms with Gasteiger partial charge < -0.3 is 5.11 Å². The molecule has 1 saturated heterocycles. The number of thiocarbonyl (C=S) groups is 1. The number of thioether (sulfide) groups is 1. The number of aromatic nitrogens is 1. The number of rotatable bonds is 6. The van der Waals surface area contributed by atoms with Gasteiger partial charge in [0.15, 0.2) is 0 Å². The van der Waals surface area contributed by atoms with Gasteiger partial charge in [0.2, 0.25) is 0 Å². The molecule has 0 spiro atoms. The van der Waals surface area contributed by atoms with E-state index in [9.17, 15) is 14.7 Å². The van der Waals surface area contributed by atoms with Gasteiger partial charge in [-0.15, -0.1) is 0 Å². The number of hydrogen-bond acceptors (Lipinski definition) is 5. The summed E-state index contributed by atoms with van der Waals surface area (Å²) in [4.78, 5) is 29.5. The first-order chi connectivity index (χ1) is 10.5. The van der Waals surface area contributed by atoms with Crippen molar-refractivity contribution in [3.8, 4) is 0 Å². The molecule has 0 bridgehead atoms. The number of carbonyl (C=O) groups excluding carboxylic acids is 1. The van der Waals surface area contributed by atoms with Gasteiger partial charge in [0.05, 0.1) is 4.91 Å². The average Bonchev–Trinajstić information content (AvgIpc) is 2.76. The third-order valence-corrected chi connectivity index (χ3v) is 4.59. The van der Waals surface area contributed by atoms with Crippen molar-refractivity contribution in [1.82, 2.24) is 9.88 Å². The van der Waals surface area contributed by atoms with Crippen LogP contribution in [0.5, 0.6) is 0 Å². The van der Waals surface area contributed by atoms with Crippen LogP contribution in [0.1, 0.15) is 31.7 Å². The van der Waals surface area contributed by atoms with Crippen molar-refractivity contribution >= 4 is 46.3 Å². The lowest BCUT2D eigenvalue weighted by molar-refractivity contribution is -0.145. The molecule has 1 aliphatic rings. The van der Waals surface area contributed by atoms with Gasteiger partial charge in [0.25, 0.3) is 5.91 Å². The van der Waals surface area contributed by atoms with Crippen molar-refractivity contribution in [3.05, 3.63) is 35.0 Å². The number of nitrogens with zero attached hydrogens (tertiary/aromatic N) is 2. The summed E-state index contributed by atoms with van der Waals surface area (Å²) in [7, 11) is 0. The molecule has 116 valence electrons. The normalized spacial score (nSPS) is 18.0. The van der Waals surface area contributed by atoms with Crippen molar-refractivity contribution in [2.24, 2.45) is 0 Å². The van der Waals surface area contributed by atoms with Crippen LogP contribution in [0.25, 0.3) is 6.08 Å². The molecule has 1 aliphatic heterocycles. The lowest BCUT2D eigenvalue weighted by Gasteiger charge is -2.22. The van der Waals surface area contributed by atoms with E-state index in [1.807, 2.05) is 6.92 Å². The maximum atomic E-state index is 12.5. The van der Waals surface area contributed by atoms with Gasteiger partial charge in [-0.25, -0.2) is 4.79 Å². The first-order valence-corrected chi connectivity index (χ1v) is 8.17. The lowest BCUT2D eigenvalue weighted by Crippen LogP contribution is -2.43. The van der Waals surface area contributed by atoms with Gasteiger partial charge >= 0.3 is 5.97 Å². The smallest absolute Gasteiger partial charge is 0.326 e. The van der Waals surface area contributed by atoms with Crippen molar-refractivity contribution in [3.63, 3.8) is 0 Å². The Morgan fingerprint density at radius 1 is 1.50 bits per heavy atom. The Kier molecular flexibility index (Phi) is 5.68. The Bertz CT molecular complexity index is 616. The van der Waals surface area contributed by atoms with Crippen LogP contribution in [0.3, 0.4) is 0 Å². The van der Waals surface area contributed by atoms with E-state index in [4.69, 9.17) is 12.2 Å². The number of unbranched alkanes of at least 4 members (excludes halogenated alkanes) is 1. The Balaban J connectivity index is 2.24. The highest BCUT2D eigenvalue weighted by Crippen LogP contribution is 2.34. The minimum atomic E-state index is -1.02. The van der Waals surface area contributed by atoms with Crippen molar-refractivity contribution in [2.45, 2.75) is 32.2 Å². The molecule has 7 heteroatoms. The van der Waals surface area contributed by atoms with Gasteiger partial charge in [0.1, 0.15) is 10.4 Å². The maximum Gasteiger partial charge on any atom is 0.326 e. The number of aliphatic carboxylic acids is 1. The van der Waals surface area contributed by atoms with Gasteiger partial charge in [-0.1, -0.05) is 43.7 Å². The number of amides is 1. The van der Waals surface area contributed by atoms with E-state index in [1.165, 1.54) is 4.90 Å². The summed E-state index contributed by atoms with van der Waals surface area (Å²) in [6, 6.07) is 2.66. The van der Waals surface area contributed by atoms with E-state index in [0.29, 0.717) is 15.6 Å². The van der Waals surface area contributed by atoms with E-state index in [-0.39, 0.29) is 5.91 Å². The van der Waals surface area contributed by atoms with Crippen LogP contribution >= 0.6 is 24.0 Å². The van der Waals surface area contributed by atoms with Gasteiger partial charge in [-0.3, -0.25) is 14.7 Å². The second-order valence-corrected chi connectivity index (χ2v) is 6.50. The molecule has 2 rings (SSSR count). The van der Waals surface area contributed by atoms with Crippen LogP contribution in [-0.2, 0) is 9.59 Å². The zero-order chi connectivity index (χ0) is 16.1. The molecule has 22 heavy (non-hydrogen) atoms. The number of carboxylic acids is 1. The molecule has 5 nitrogen and oxygen atoms in total. The molecule has 1 N–H and O–H groups in total. The second-order valence-electron chi connectivity index (χ2n) is 4.83. The van der Waals surface area contributed by atoms with Crippen LogP contribution in [-0.4, -0.2) is 37.2 Å². The quantitative estimate of drug-likeness (QED) is 0.636. The summed E-state index contributed by atoms with van der Waals surface area (Å²) in [5, 5.41) is 9.38. The average molecular weight is 336 g/mol. The minimum absolute atomic E-state index is 0.300. The molecular weight excluding hydrogens is 320 g/mol. The SMILES string of the molecule is CCCCC(C(=O)O)N1C(=O)C(=Cc2ccncc2)SC1=S. The van der Waals surface area contributed by atoms with Gasteiger partial charge in [-0.2, -0.15) is 0 Å². The lowest BCUT2D eigenvalue weighted by atomic mass is 10.1. The molecule has 1 amide bonds. The summed E-state index contributed by atoms with van der Waals surface area (Å²) >= 11 is 6.35. The second kappa shape index (κ2) is 7.51. The summed E-state index contributed by atoms with van der Waals surface area (Å²) < 4.78 is 0.300. The molecule has 1 aromatic rings. The highest BCUT2D eigenvalue weighted by Gasteiger charge is 2.39. The van der Waals surface area contributed by atoms with E-state index >= 15 is 0 Å². The fourth-order valence-electron chi connectivity index (χ4n) is 2.12. The van der Waals surface area contributed by atoms with E-state index in [2.05, 4.69) is 4.98 Å². The maximum absolute atomic E-state index is 12.5. The summed E-state index contributed by atoms with van der Waals surface area (Å²) in [6.45, 7) is 1.98. The molecule has 1 fully saturated rings. The Labute approximate surface area is 138 Å². The number of pyridine rings is 1. The number of hydrogen-bond donors (Lipinski definition) is 1. The van der Waals surface area contributed by atoms with Gasteiger partial charge in [-0.05, 0) is 30.2 Å². The predicted octanol–water partition coefficient (Wildman–Crippen LogP) is 2.93. The highest BCUT2D eigenvalue weighted by atomic mass is 32.2. The van der Waals surface area contributed by atoms with Crippen LogP contribution in [0.4, 0.5) is 0 Å². The van der Waals surface area contributed by atoms with E-state index in [0.717, 1.165) is 30.2 Å². The minimum Gasteiger partial charge on any atom is -0.480 e. The predicted molar refractivity (Wildman–Crippen MR) is 90.2 cm³/mol. The van der Waals surface area contributed by atoms with Crippen molar-refractivity contribution in [2.75, 3.05) is 0 Å². The fourth-order valence-corrected chi connectivity index (χ4v) is 3.48. The van der Waals surface area contributed by atoms with Crippen molar-refractivity contribution < 1.29 is 14.7 Å². The first kappa shape index (κ1) is 16.6. The Morgan fingerprint density at radius 2 is 2.18 bits per heavy atom. The van der Waals surface area contributed by atoms with E-state index in [1.54, 1.807) is 30.6 Å². The third-order valence-electron chi connectivity index (χ3n) is 3.26. The molecule has 0 radical (unpaired) electrons. The van der Waals surface area contributed by atoms with Crippen LogP contribution in [0, 0.1) is 0 Å². The summed E-state index contributed by atoms with van der Waals surface area (Å²) in [5.41, 5.74) is 0.830. The molecule has 1 aromatic heterocycles. The third kappa shape index (κ3) is 3.72. The molecule has 1 unspecified atom stereocenters. The molecule has 1 atom stereocenters. The highest BCUT2D eigenvalue weighted by molar-refractivity contribution is 8.26. The zero-order valence-electron chi connectivity index (χ0n) is 12.1. The molecule has 0 saturated carbocycles. The zero-order valence-corrected chi connectivity index (χ0v) is 13.7. The monoisotopic (exact) mass is 336 g/mol. The largest absolute Gasteiger partial charge is 0.480 e. The Hall–Kier alpha value is -1.73. The molecule has 0 aliphatic carbocycles. The molecular formula is C15H16N2O3S2. The standard InChI is InChI=1S/C15H16N2O3S2/c1-2-3-4-11(14(19)20)17-13(18)12(22-15(17)21)9-10-5-7-16-8-6-10/h5-9,11H,2-4H2,1H3,(H,19,20). The van der Waals surface area contributed by atoms with Crippen molar-refractivity contribution in [1.29, 1.82) is 0 Å². The molecule has 0 aromatic carbocycles.